The van der Waals surface area contributed by atoms with Gasteiger partial charge < -0.3 is 14.6 Å². The molecule has 0 radical (unpaired) electrons. The first kappa shape index (κ1) is 13.5. The Kier molecular flexibility index (Phi) is 3.79. The summed E-state index contributed by atoms with van der Waals surface area (Å²) in [7, 11) is 0. The van der Waals surface area contributed by atoms with Gasteiger partial charge in [-0.25, -0.2) is 4.79 Å². The average molecular weight is 262 g/mol. The van der Waals surface area contributed by atoms with Gasteiger partial charge in [0.25, 0.3) is 0 Å². The fraction of sp³-hybridized carbons (Fsp3) is 0.400. The molecular weight excluding hydrogens is 244 g/mol. The number of hydrogen-bond acceptors (Lipinski definition) is 4. The van der Waals surface area contributed by atoms with Crippen molar-refractivity contribution < 1.29 is 19.4 Å². The Morgan fingerprint density at radius 3 is 2.95 bits per heavy atom. The van der Waals surface area contributed by atoms with E-state index < -0.39 is 5.97 Å². The molecule has 1 N–H and O–H groups in total. The number of benzene rings is 1. The molecule has 4 heteroatoms. The molecule has 1 heterocycles. The Morgan fingerprint density at radius 2 is 2.26 bits per heavy atom. The van der Waals surface area contributed by atoms with Crippen LogP contribution in [0.4, 0.5) is 0 Å². The molecule has 1 atom stereocenters. The van der Waals surface area contributed by atoms with E-state index in [0.717, 1.165) is 5.56 Å². The fourth-order valence-electron chi connectivity index (χ4n) is 2.05. The molecule has 1 aromatic carbocycles. The van der Waals surface area contributed by atoms with Gasteiger partial charge in [-0.3, -0.25) is 0 Å². The topological polar surface area (TPSA) is 55.8 Å². The SMILES string of the molecule is CC(C)=CCOc1ccc(O)c2c1C[C@@H](C)OC2=O. The van der Waals surface area contributed by atoms with Crippen molar-refractivity contribution in [2.24, 2.45) is 0 Å². The predicted molar refractivity (Wildman–Crippen MR) is 71.6 cm³/mol. The molecule has 19 heavy (non-hydrogen) atoms. The second kappa shape index (κ2) is 5.34. The number of esters is 1. The van der Waals surface area contributed by atoms with Crippen LogP contribution in [0.1, 0.15) is 36.7 Å². The van der Waals surface area contributed by atoms with Gasteiger partial charge in [0.15, 0.2) is 0 Å². The highest BCUT2D eigenvalue weighted by Crippen LogP contribution is 2.35. The van der Waals surface area contributed by atoms with Gasteiger partial charge in [-0.15, -0.1) is 0 Å². The molecule has 0 saturated carbocycles. The molecule has 0 fully saturated rings. The second-order valence-electron chi connectivity index (χ2n) is 4.95. The smallest absolute Gasteiger partial charge is 0.342 e. The lowest BCUT2D eigenvalue weighted by Gasteiger charge is -2.24. The zero-order valence-corrected chi connectivity index (χ0v) is 11.4. The number of fused-ring (bicyclic) bond motifs is 1. The second-order valence-corrected chi connectivity index (χ2v) is 4.95. The number of rotatable bonds is 3. The first-order valence-corrected chi connectivity index (χ1v) is 6.31. The van der Waals surface area contributed by atoms with Gasteiger partial charge in [0.2, 0.25) is 0 Å². The number of carbonyl (C=O) groups excluding carboxylic acids is 1. The highest BCUT2D eigenvalue weighted by molar-refractivity contribution is 5.96. The molecule has 0 spiro atoms. The van der Waals surface area contributed by atoms with Gasteiger partial charge in [-0.1, -0.05) is 5.57 Å². The third-order valence-corrected chi connectivity index (χ3v) is 2.98. The van der Waals surface area contributed by atoms with Crippen molar-refractivity contribution in [3.8, 4) is 11.5 Å². The maximum absolute atomic E-state index is 11.8. The molecule has 2 rings (SSSR count). The molecule has 0 aliphatic carbocycles. The first-order chi connectivity index (χ1) is 8.99. The van der Waals surface area contributed by atoms with Gasteiger partial charge in [-0.05, 0) is 39.0 Å². The summed E-state index contributed by atoms with van der Waals surface area (Å²) in [5, 5.41) is 9.78. The number of carbonyl (C=O) groups is 1. The van der Waals surface area contributed by atoms with Crippen LogP contribution < -0.4 is 4.74 Å². The maximum atomic E-state index is 11.8. The van der Waals surface area contributed by atoms with E-state index in [-0.39, 0.29) is 17.4 Å². The molecule has 0 amide bonds. The molecule has 102 valence electrons. The summed E-state index contributed by atoms with van der Waals surface area (Å²) in [5.74, 6) is 0.0918. The summed E-state index contributed by atoms with van der Waals surface area (Å²) in [5.41, 5.74) is 2.12. The van der Waals surface area contributed by atoms with E-state index >= 15 is 0 Å². The number of cyclic esters (lactones) is 1. The molecule has 0 aromatic heterocycles. The summed E-state index contributed by atoms with van der Waals surface area (Å²) in [6.07, 6.45) is 2.32. The van der Waals surface area contributed by atoms with Crippen LogP contribution in [-0.2, 0) is 11.2 Å². The van der Waals surface area contributed by atoms with Crippen LogP contribution in [-0.4, -0.2) is 23.8 Å². The number of allylic oxidation sites excluding steroid dienone is 1. The summed E-state index contributed by atoms with van der Waals surface area (Å²) in [6.45, 7) is 6.26. The average Bonchev–Trinajstić information content (AvgIpc) is 2.30. The normalized spacial score (nSPS) is 17.4. The minimum absolute atomic E-state index is 0.0542. The van der Waals surface area contributed by atoms with Crippen molar-refractivity contribution in [1.82, 2.24) is 0 Å². The lowest BCUT2D eigenvalue weighted by Crippen LogP contribution is -2.25. The van der Waals surface area contributed by atoms with Crippen LogP contribution in [0, 0.1) is 0 Å². The molecule has 1 aliphatic heterocycles. The zero-order valence-electron chi connectivity index (χ0n) is 11.4. The van der Waals surface area contributed by atoms with Crippen LogP contribution in [0.5, 0.6) is 11.5 Å². The summed E-state index contributed by atoms with van der Waals surface area (Å²) in [4.78, 5) is 11.8. The van der Waals surface area contributed by atoms with Crippen LogP contribution in [0.25, 0.3) is 0 Å². The van der Waals surface area contributed by atoms with Crippen molar-refractivity contribution >= 4 is 5.97 Å². The number of phenolic OH excluding ortho intramolecular Hbond substituents is 1. The van der Waals surface area contributed by atoms with Crippen molar-refractivity contribution in [3.05, 3.63) is 34.9 Å². The Morgan fingerprint density at radius 1 is 1.53 bits per heavy atom. The van der Waals surface area contributed by atoms with Crippen LogP contribution >= 0.6 is 0 Å². The first-order valence-electron chi connectivity index (χ1n) is 6.31. The third-order valence-electron chi connectivity index (χ3n) is 2.98. The zero-order chi connectivity index (χ0) is 14.0. The van der Waals surface area contributed by atoms with Crippen molar-refractivity contribution in [2.75, 3.05) is 6.61 Å². The lowest BCUT2D eigenvalue weighted by molar-refractivity contribution is 0.0293. The van der Waals surface area contributed by atoms with Gasteiger partial charge in [0.05, 0.1) is 0 Å². The number of aromatic hydroxyl groups is 1. The van der Waals surface area contributed by atoms with E-state index in [2.05, 4.69) is 0 Å². The molecule has 1 aromatic rings. The van der Waals surface area contributed by atoms with E-state index in [1.54, 1.807) is 6.07 Å². The van der Waals surface area contributed by atoms with E-state index in [0.29, 0.717) is 18.8 Å². The van der Waals surface area contributed by atoms with Gasteiger partial charge in [0.1, 0.15) is 29.8 Å². The van der Waals surface area contributed by atoms with Crippen LogP contribution in [0.15, 0.2) is 23.8 Å². The van der Waals surface area contributed by atoms with E-state index in [1.807, 2.05) is 26.8 Å². The molecular formula is C15H18O4. The van der Waals surface area contributed by atoms with Gasteiger partial charge in [0, 0.05) is 12.0 Å². The molecule has 1 aliphatic rings. The van der Waals surface area contributed by atoms with E-state index in [4.69, 9.17) is 9.47 Å². The molecule has 0 bridgehead atoms. The Labute approximate surface area is 112 Å². The molecule has 0 saturated heterocycles. The predicted octanol–water partition coefficient (Wildman–Crippen LogP) is 2.84. The third kappa shape index (κ3) is 2.89. The molecule has 4 nitrogen and oxygen atoms in total. The van der Waals surface area contributed by atoms with Gasteiger partial charge in [-0.2, -0.15) is 0 Å². The fourth-order valence-corrected chi connectivity index (χ4v) is 2.05. The quantitative estimate of drug-likeness (QED) is 0.672. The Hall–Kier alpha value is -1.97. The van der Waals surface area contributed by atoms with Gasteiger partial charge >= 0.3 is 5.97 Å². The number of hydrogen-bond donors (Lipinski definition) is 1. The highest BCUT2D eigenvalue weighted by atomic mass is 16.5. The summed E-state index contributed by atoms with van der Waals surface area (Å²) >= 11 is 0. The number of phenols is 1. The maximum Gasteiger partial charge on any atom is 0.342 e. The van der Waals surface area contributed by atoms with Crippen LogP contribution in [0.3, 0.4) is 0 Å². The Bertz CT molecular complexity index is 527. The largest absolute Gasteiger partial charge is 0.507 e. The lowest BCUT2D eigenvalue weighted by atomic mass is 9.97. The minimum atomic E-state index is -0.487. The van der Waals surface area contributed by atoms with E-state index in [9.17, 15) is 9.90 Å². The Balaban J connectivity index is 2.33. The van der Waals surface area contributed by atoms with Crippen molar-refractivity contribution in [2.45, 2.75) is 33.3 Å². The standard InChI is InChI=1S/C15H18O4/c1-9(2)6-7-18-13-5-4-12(16)14-11(13)8-10(3)19-15(14)17/h4-6,10,16H,7-8H2,1-3H3/t10-/m1/s1. The van der Waals surface area contributed by atoms with E-state index in [1.165, 1.54) is 11.6 Å². The molecule has 0 unspecified atom stereocenters. The highest BCUT2D eigenvalue weighted by Gasteiger charge is 2.29. The monoisotopic (exact) mass is 262 g/mol. The number of ether oxygens (including phenoxy) is 2. The minimum Gasteiger partial charge on any atom is -0.507 e. The van der Waals surface area contributed by atoms with Crippen LogP contribution in [0.2, 0.25) is 0 Å². The van der Waals surface area contributed by atoms with Crippen molar-refractivity contribution in [1.29, 1.82) is 0 Å². The van der Waals surface area contributed by atoms with Crippen molar-refractivity contribution in [3.63, 3.8) is 0 Å². The summed E-state index contributed by atoms with van der Waals surface area (Å²) < 4.78 is 10.8. The summed E-state index contributed by atoms with van der Waals surface area (Å²) in [6, 6.07) is 3.16.